The summed E-state index contributed by atoms with van der Waals surface area (Å²) in [6.07, 6.45) is 5.08. The molecule has 19 heavy (non-hydrogen) atoms. The molecule has 118 valence electrons. The second kappa shape index (κ2) is 20.0. The van der Waals surface area contributed by atoms with Crippen molar-refractivity contribution in [3.8, 4) is 0 Å². The van der Waals surface area contributed by atoms with Crippen molar-refractivity contribution in [1.29, 1.82) is 0 Å². The number of hydrogen-bond acceptors (Lipinski definition) is 2. The van der Waals surface area contributed by atoms with Crippen LogP contribution >= 0.6 is 0 Å². The molecule has 0 atom stereocenters. The first-order valence-corrected chi connectivity index (χ1v) is 8.01. The van der Waals surface area contributed by atoms with E-state index in [-0.39, 0.29) is 5.41 Å². The normalized spacial score (nSPS) is 9.84. The first-order valence-electron chi connectivity index (χ1n) is 8.01. The van der Waals surface area contributed by atoms with Gasteiger partial charge in [-0.25, -0.2) is 0 Å². The van der Waals surface area contributed by atoms with Crippen LogP contribution in [0.25, 0.3) is 0 Å². The molecule has 0 fully saturated rings. The molecule has 2 heteroatoms. The van der Waals surface area contributed by atoms with Gasteiger partial charge in [0.25, 0.3) is 0 Å². The van der Waals surface area contributed by atoms with Gasteiger partial charge in [-0.15, -0.1) is 6.58 Å². The van der Waals surface area contributed by atoms with Gasteiger partial charge in [0.1, 0.15) is 0 Å². The summed E-state index contributed by atoms with van der Waals surface area (Å²) in [5, 5.41) is 0. The average Bonchev–Trinajstić information content (AvgIpc) is 2.50. The standard InChI is InChI=1S/C13H26O2.2C2H6/c1-5-9-14-11-13(7-3,8-4)12-15-10-6-2;2*1-2/h5H,1,6-12H2,2-4H3;2*1-2H3. The van der Waals surface area contributed by atoms with Gasteiger partial charge in [-0.1, -0.05) is 54.5 Å². The SMILES string of the molecule is C=CCOCC(CC)(CC)COCCC.CC.CC. The van der Waals surface area contributed by atoms with Crippen molar-refractivity contribution in [1.82, 2.24) is 0 Å². The molecule has 0 aromatic rings. The lowest BCUT2D eigenvalue weighted by molar-refractivity contribution is -0.0207. The minimum Gasteiger partial charge on any atom is -0.381 e. The zero-order valence-corrected chi connectivity index (χ0v) is 14.6. The second-order valence-electron chi connectivity index (χ2n) is 4.06. The average molecular weight is 274 g/mol. The van der Waals surface area contributed by atoms with E-state index >= 15 is 0 Å². The van der Waals surface area contributed by atoms with Crippen molar-refractivity contribution in [2.75, 3.05) is 26.4 Å². The topological polar surface area (TPSA) is 18.5 Å². The molecule has 0 bridgehead atoms. The highest BCUT2D eigenvalue weighted by Gasteiger charge is 2.26. The molecule has 0 N–H and O–H groups in total. The van der Waals surface area contributed by atoms with Crippen LogP contribution in [0.4, 0.5) is 0 Å². The Hall–Kier alpha value is -0.340. The summed E-state index contributed by atoms with van der Waals surface area (Å²) in [5.74, 6) is 0. The van der Waals surface area contributed by atoms with Crippen LogP contribution in [0.5, 0.6) is 0 Å². The van der Waals surface area contributed by atoms with Crippen LogP contribution in [0.1, 0.15) is 67.7 Å². The van der Waals surface area contributed by atoms with Crippen molar-refractivity contribution in [3.63, 3.8) is 0 Å². The number of rotatable bonds is 10. The predicted octanol–water partition coefficient (Wildman–Crippen LogP) is 5.47. The van der Waals surface area contributed by atoms with Gasteiger partial charge in [0.2, 0.25) is 0 Å². The molecule has 0 amide bonds. The zero-order chi connectivity index (χ0) is 15.6. The van der Waals surface area contributed by atoms with E-state index in [1.165, 1.54) is 0 Å². The summed E-state index contributed by atoms with van der Waals surface area (Å²) in [7, 11) is 0. The molecule has 0 aliphatic heterocycles. The lowest BCUT2D eigenvalue weighted by Crippen LogP contribution is -2.31. The van der Waals surface area contributed by atoms with Crippen LogP contribution in [-0.2, 0) is 9.47 Å². The number of hydrogen-bond donors (Lipinski definition) is 0. The quantitative estimate of drug-likeness (QED) is 0.388. The van der Waals surface area contributed by atoms with Gasteiger partial charge in [0.15, 0.2) is 0 Å². The van der Waals surface area contributed by atoms with E-state index in [4.69, 9.17) is 9.47 Å². The van der Waals surface area contributed by atoms with E-state index in [2.05, 4.69) is 27.4 Å². The predicted molar refractivity (Wildman–Crippen MR) is 87.8 cm³/mol. The third-order valence-corrected chi connectivity index (χ3v) is 2.90. The maximum atomic E-state index is 5.65. The summed E-state index contributed by atoms with van der Waals surface area (Å²) in [6, 6.07) is 0. The van der Waals surface area contributed by atoms with Gasteiger partial charge >= 0.3 is 0 Å². The molecule has 0 aliphatic rings. The zero-order valence-electron chi connectivity index (χ0n) is 14.6. The van der Waals surface area contributed by atoms with Crippen molar-refractivity contribution < 1.29 is 9.47 Å². The Labute approximate surface area is 122 Å². The highest BCUT2D eigenvalue weighted by atomic mass is 16.5. The molecule has 0 aromatic heterocycles. The van der Waals surface area contributed by atoms with Gasteiger partial charge in [-0.3, -0.25) is 0 Å². The minimum absolute atomic E-state index is 0.193. The van der Waals surface area contributed by atoms with Crippen LogP contribution in [-0.4, -0.2) is 26.4 Å². The molecule has 0 saturated carbocycles. The Morgan fingerprint density at radius 3 is 1.74 bits per heavy atom. The van der Waals surface area contributed by atoms with Gasteiger partial charge in [-0.05, 0) is 19.3 Å². The van der Waals surface area contributed by atoms with Gasteiger partial charge < -0.3 is 9.47 Å². The third kappa shape index (κ3) is 13.9. The third-order valence-electron chi connectivity index (χ3n) is 2.90. The summed E-state index contributed by atoms with van der Waals surface area (Å²) in [6.45, 7) is 21.3. The van der Waals surface area contributed by atoms with Crippen molar-refractivity contribution in [3.05, 3.63) is 12.7 Å². The lowest BCUT2D eigenvalue weighted by Gasteiger charge is -2.31. The van der Waals surface area contributed by atoms with E-state index in [9.17, 15) is 0 Å². The molecule has 0 saturated heterocycles. The largest absolute Gasteiger partial charge is 0.381 e. The van der Waals surface area contributed by atoms with Gasteiger partial charge in [-0.2, -0.15) is 0 Å². The van der Waals surface area contributed by atoms with Crippen LogP contribution in [0.2, 0.25) is 0 Å². The molecule has 0 unspecified atom stereocenters. The van der Waals surface area contributed by atoms with Gasteiger partial charge in [0, 0.05) is 12.0 Å². The Morgan fingerprint density at radius 2 is 1.37 bits per heavy atom. The monoisotopic (exact) mass is 274 g/mol. The Morgan fingerprint density at radius 1 is 0.895 bits per heavy atom. The fraction of sp³-hybridized carbons (Fsp3) is 0.882. The molecule has 0 spiro atoms. The number of ether oxygens (including phenoxy) is 2. The summed E-state index contributed by atoms with van der Waals surface area (Å²) in [4.78, 5) is 0. The fourth-order valence-electron chi connectivity index (χ4n) is 1.49. The Kier molecular flexibility index (Phi) is 25.0. The maximum absolute atomic E-state index is 5.65. The van der Waals surface area contributed by atoms with Crippen molar-refractivity contribution >= 4 is 0 Å². The van der Waals surface area contributed by atoms with Crippen LogP contribution in [0.3, 0.4) is 0 Å². The molecule has 0 aromatic carbocycles. The summed E-state index contributed by atoms with van der Waals surface area (Å²) < 4.78 is 11.2. The first-order chi connectivity index (χ1) is 9.24. The molecule has 0 heterocycles. The summed E-state index contributed by atoms with van der Waals surface area (Å²) in [5.41, 5.74) is 0.193. The van der Waals surface area contributed by atoms with Crippen molar-refractivity contribution in [2.24, 2.45) is 5.41 Å². The van der Waals surface area contributed by atoms with E-state index < -0.39 is 0 Å². The maximum Gasteiger partial charge on any atom is 0.0645 e. The molecular formula is C17H38O2. The van der Waals surface area contributed by atoms with E-state index in [1.807, 2.05) is 27.7 Å². The Bertz CT molecular complexity index is 151. The second-order valence-corrected chi connectivity index (χ2v) is 4.06. The lowest BCUT2D eigenvalue weighted by atomic mass is 9.84. The highest BCUT2D eigenvalue weighted by Crippen LogP contribution is 2.27. The van der Waals surface area contributed by atoms with E-state index in [1.54, 1.807) is 6.08 Å². The van der Waals surface area contributed by atoms with Crippen molar-refractivity contribution in [2.45, 2.75) is 67.7 Å². The van der Waals surface area contributed by atoms with Crippen LogP contribution < -0.4 is 0 Å². The van der Waals surface area contributed by atoms with E-state index in [0.717, 1.165) is 39.1 Å². The fourth-order valence-corrected chi connectivity index (χ4v) is 1.49. The molecule has 2 nitrogen and oxygen atoms in total. The Balaban J connectivity index is -0.000000579. The van der Waals surface area contributed by atoms with E-state index in [0.29, 0.717) is 6.61 Å². The molecule has 0 radical (unpaired) electrons. The van der Waals surface area contributed by atoms with Crippen LogP contribution in [0, 0.1) is 5.41 Å². The highest BCUT2D eigenvalue weighted by molar-refractivity contribution is 4.77. The smallest absolute Gasteiger partial charge is 0.0645 e. The molecular weight excluding hydrogens is 236 g/mol. The first kappa shape index (κ1) is 23.7. The van der Waals surface area contributed by atoms with Gasteiger partial charge in [0.05, 0.1) is 19.8 Å². The molecule has 0 aliphatic carbocycles. The molecule has 0 rings (SSSR count). The van der Waals surface area contributed by atoms with Crippen LogP contribution in [0.15, 0.2) is 12.7 Å². The minimum atomic E-state index is 0.193. The summed E-state index contributed by atoms with van der Waals surface area (Å²) >= 11 is 0.